The van der Waals surface area contributed by atoms with Crippen LogP contribution in [0.1, 0.15) is 32.6 Å². The van der Waals surface area contributed by atoms with Gasteiger partial charge < -0.3 is 5.11 Å². The number of aliphatic hydroxyl groups is 1. The molecule has 1 N–H and O–H groups in total. The second-order valence-corrected chi connectivity index (χ2v) is 4.85. The molecule has 2 nitrogen and oxygen atoms in total. The molecule has 1 unspecified atom stereocenters. The summed E-state index contributed by atoms with van der Waals surface area (Å²) < 4.78 is 1.01. The van der Waals surface area contributed by atoms with Gasteiger partial charge >= 0.3 is 0 Å². The molecule has 0 radical (unpaired) electrons. The zero-order valence-corrected chi connectivity index (χ0v) is 8.55. The van der Waals surface area contributed by atoms with E-state index in [1.165, 1.54) is 32.4 Å². The van der Waals surface area contributed by atoms with Crippen molar-refractivity contribution in [3.05, 3.63) is 12.3 Å². The van der Waals surface area contributed by atoms with Crippen molar-refractivity contribution in [1.29, 1.82) is 0 Å². The maximum Gasteiger partial charge on any atom is 0.140 e. The Balaban J connectivity index is 2.20. The summed E-state index contributed by atoms with van der Waals surface area (Å²) in [5.74, 6) is 0. The van der Waals surface area contributed by atoms with Gasteiger partial charge in [0.1, 0.15) is 11.3 Å². The number of piperidine rings is 1. The van der Waals surface area contributed by atoms with Gasteiger partial charge in [0.05, 0.1) is 19.6 Å². The molecule has 74 valence electrons. The van der Waals surface area contributed by atoms with E-state index < -0.39 is 5.60 Å². The lowest BCUT2D eigenvalue weighted by molar-refractivity contribution is -0.889. The van der Waals surface area contributed by atoms with Crippen molar-refractivity contribution in [3.8, 4) is 0 Å². The van der Waals surface area contributed by atoms with Gasteiger partial charge in [0, 0.05) is 6.42 Å². The lowest BCUT2D eigenvalue weighted by Gasteiger charge is -2.39. The summed E-state index contributed by atoms with van der Waals surface area (Å²) in [7, 11) is 0. The molecular formula is C11H20NO+. The minimum absolute atomic E-state index is 0.600. The molecule has 13 heavy (non-hydrogen) atoms. The third kappa shape index (κ3) is 1.32. The molecule has 0 aromatic carbocycles. The number of nitrogens with zero attached hydrogens (tertiary/aromatic N) is 1. The van der Waals surface area contributed by atoms with Crippen molar-refractivity contribution in [1.82, 2.24) is 0 Å². The Hall–Kier alpha value is -0.340. The van der Waals surface area contributed by atoms with Gasteiger partial charge in [0.25, 0.3) is 0 Å². The van der Waals surface area contributed by atoms with Crippen LogP contribution in [0.15, 0.2) is 12.3 Å². The molecule has 2 aliphatic rings. The van der Waals surface area contributed by atoms with Gasteiger partial charge in [0.15, 0.2) is 0 Å². The van der Waals surface area contributed by atoms with E-state index in [0.717, 1.165) is 23.1 Å². The van der Waals surface area contributed by atoms with Gasteiger partial charge in [-0.1, -0.05) is 0 Å². The van der Waals surface area contributed by atoms with Gasteiger partial charge in [-0.25, -0.2) is 0 Å². The van der Waals surface area contributed by atoms with Gasteiger partial charge in [-0.2, -0.15) is 0 Å². The lowest BCUT2D eigenvalue weighted by Crippen LogP contribution is -2.49. The summed E-state index contributed by atoms with van der Waals surface area (Å²) in [4.78, 5) is 0. The van der Waals surface area contributed by atoms with Gasteiger partial charge in [0.2, 0.25) is 0 Å². The standard InChI is InChI=1S/C11H20NO/c1-10-11(2,13)6-9-12(10)7-4-3-5-8-12/h13H,1,3-9H2,2H3/q+1. The highest BCUT2D eigenvalue weighted by Crippen LogP contribution is 2.39. The maximum absolute atomic E-state index is 10.1. The summed E-state index contributed by atoms with van der Waals surface area (Å²) in [5, 5.41) is 10.1. The molecule has 2 heteroatoms. The Labute approximate surface area is 80.5 Å². The van der Waals surface area contributed by atoms with Crippen LogP contribution in [0.2, 0.25) is 0 Å². The van der Waals surface area contributed by atoms with Crippen LogP contribution in [0, 0.1) is 0 Å². The fraction of sp³-hybridized carbons (Fsp3) is 0.818. The lowest BCUT2D eigenvalue weighted by atomic mass is 10.0. The van der Waals surface area contributed by atoms with E-state index in [9.17, 15) is 5.11 Å². The monoisotopic (exact) mass is 182 g/mol. The molecule has 2 heterocycles. The van der Waals surface area contributed by atoms with Crippen LogP contribution < -0.4 is 0 Å². The Kier molecular flexibility index (Phi) is 2.00. The molecule has 2 rings (SSSR count). The Morgan fingerprint density at radius 3 is 2.31 bits per heavy atom. The van der Waals surface area contributed by atoms with Crippen LogP contribution in [0.4, 0.5) is 0 Å². The number of hydrogen-bond acceptors (Lipinski definition) is 1. The van der Waals surface area contributed by atoms with E-state index in [1.54, 1.807) is 0 Å². The van der Waals surface area contributed by atoms with Crippen molar-refractivity contribution in [2.75, 3.05) is 19.6 Å². The predicted octanol–water partition coefficient (Wildman–Crippen LogP) is 1.66. The van der Waals surface area contributed by atoms with E-state index in [1.807, 2.05) is 6.92 Å². The maximum atomic E-state index is 10.1. The molecule has 2 saturated heterocycles. The zero-order chi connectivity index (χ0) is 9.53. The average molecular weight is 182 g/mol. The Bertz CT molecular complexity index is 226. The van der Waals surface area contributed by atoms with Crippen LogP contribution in [0.25, 0.3) is 0 Å². The number of hydrogen-bond donors (Lipinski definition) is 1. The average Bonchev–Trinajstić information content (AvgIpc) is 2.33. The molecule has 2 aliphatic heterocycles. The van der Waals surface area contributed by atoms with E-state index >= 15 is 0 Å². The van der Waals surface area contributed by atoms with E-state index in [-0.39, 0.29) is 0 Å². The van der Waals surface area contributed by atoms with Gasteiger partial charge in [-0.3, -0.25) is 4.48 Å². The van der Waals surface area contributed by atoms with Gasteiger partial charge in [-0.15, -0.1) is 0 Å². The summed E-state index contributed by atoms with van der Waals surface area (Å²) in [6.07, 6.45) is 4.85. The van der Waals surface area contributed by atoms with Crippen molar-refractivity contribution >= 4 is 0 Å². The van der Waals surface area contributed by atoms with Crippen molar-refractivity contribution < 1.29 is 9.59 Å². The van der Waals surface area contributed by atoms with Crippen molar-refractivity contribution in [3.63, 3.8) is 0 Å². The molecular weight excluding hydrogens is 162 g/mol. The molecule has 1 spiro atoms. The second-order valence-electron chi connectivity index (χ2n) is 4.85. The minimum atomic E-state index is -0.600. The van der Waals surface area contributed by atoms with Crippen LogP contribution in [0.5, 0.6) is 0 Å². The summed E-state index contributed by atoms with van der Waals surface area (Å²) >= 11 is 0. The summed E-state index contributed by atoms with van der Waals surface area (Å²) in [5.41, 5.74) is 0.462. The number of rotatable bonds is 0. The molecule has 0 aromatic rings. The molecule has 2 fully saturated rings. The molecule has 0 aromatic heterocycles. The first kappa shape index (κ1) is 9.22. The minimum Gasteiger partial charge on any atom is -0.380 e. The first-order valence-corrected chi connectivity index (χ1v) is 5.35. The molecule has 0 aliphatic carbocycles. The zero-order valence-electron chi connectivity index (χ0n) is 8.55. The largest absolute Gasteiger partial charge is 0.380 e. The first-order chi connectivity index (χ1) is 6.07. The van der Waals surface area contributed by atoms with Crippen molar-refractivity contribution in [2.24, 2.45) is 0 Å². The fourth-order valence-corrected chi connectivity index (χ4v) is 2.83. The molecule has 1 atom stereocenters. The topological polar surface area (TPSA) is 20.2 Å². The Morgan fingerprint density at radius 1 is 1.23 bits per heavy atom. The molecule has 0 saturated carbocycles. The first-order valence-electron chi connectivity index (χ1n) is 5.35. The smallest absolute Gasteiger partial charge is 0.140 e. The van der Waals surface area contributed by atoms with Crippen LogP contribution >= 0.6 is 0 Å². The SMILES string of the molecule is C=C1C(C)(O)CC[N+]12CCCCC2. The van der Waals surface area contributed by atoms with Gasteiger partial charge in [-0.05, 0) is 32.8 Å². The van der Waals surface area contributed by atoms with Crippen LogP contribution in [-0.2, 0) is 0 Å². The predicted molar refractivity (Wildman–Crippen MR) is 53.1 cm³/mol. The molecule has 0 amide bonds. The van der Waals surface area contributed by atoms with E-state index in [0.29, 0.717) is 0 Å². The summed E-state index contributed by atoms with van der Waals surface area (Å²) in [6, 6.07) is 0. The van der Waals surface area contributed by atoms with Crippen LogP contribution in [0.3, 0.4) is 0 Å². The third-order valence-electron chi connectivity index (χ3n) is 3.89. The number of quaternary nitrogens is 1. The Morgan fingerprint density at radius 2 is 1.85 bits per heavy atom. The van der Waals surface area contributed by atoms with Crippen molar-refractivity contribution in [2.45, 2.75) is 38.2 Å². The van der Waals surface area contributed by atoms with E-state index in [4.69, 9.17) is 0 Å². The second kappa shape index (κ2) is 2.82. The quantitative estimate of drug-likeness (QED) is 0.565. The normalized spacial score (nSPS) is 38.5. The van der Waals surface area contributed by atoms with Crippen LogP contribution in [-0.4, -0.2) is 34.8 Å². The highest BCUT2D eigenvalue weighted by Gasteiger charge is 2.49. The summed E-state index contributed by atoms with van der Waals surface area (Å²) in [6.45, 7) is 9.53. The fourth-order valence-electron chi connectivity index (χ4n) is 2.83. The third-order valence-corrected chi connectivity index (χ3v) is 3.89. The highest BCUT2D eigenvalue weighted by molar-refractivity contribution is 5.08. The highest BCUT2D eigenvalue weighted by atomic mass is 16.3. The molecule has 0 bridgehead atoms. The van der Waals surface area contributed by atoms with E-state index in [2.05, 4.69) is 6.58 Å².